The lowest BCUT2D eigenvalue weighted by Crippen LogP contribution is -2.17. The molecule has 118 valence electrons. The molecule has 0 aliphatic heterocycles. The number of rotatable bonds is 5. The first kappa shape index (κ1) is 15.5. The quantitative estimate of drug-likeness (QED) is 0.690. The van der Waals surface area contributed by atoms with Gasteiger partial charge in [0.2, 0.25) is 0 Å². The molecule has 2 aromatic heterocycles. The Morgan fingerprint density at radius 2 is 1.91 bits per heavy atom. The molecule has 0 aliphatic carbocycles. The van der Waals surface area contributed by atoms with Gasteiger partial charge in [0.1, 0.15) is 5.76 Å². The number of aryl methyl sites for hydroxylation is 2. The van der Waals surface area contributed by atoms with Crippen molar-refractivity contribution in [1.82, 2.24) is 9.88 Å². The van der Waals surface area contributed by atoms with E-state index in [9.17, 15) is 0 Å². The van der Waals surface area contributed by atoms with E-state index in [2.05, 4.69) is 55.0 Å². The largest absolute Gasteiger partial charge is 0.468 e. The van der Waals surface area contributed by atoms with Gasteiger partial charge in [-0.1, -0.05) is 23.8 Å². The monoisotopic (exact) mass is 306 g/mol. The van der Waals surface area contributed by atoms with Crippen molar-refractivity contribution >= 4 is 0 Å². The molecular weight excluding hydrogens is 284 g/mol. The fourth-order valence-electron chi connectivity index (χ4n) is 2.80. The predicted octanol–water partition coefficient (Wildman–Crippen LogP) is 4.59. The van der Waals surface area contributed by atoms with Crippen molar-refractivity contribution in [2.75, 3.05) is 7.05 Å². The molecule has 23 heavy (non-hydrogen) atoms. The van der Waals surface area contributed by atoms with Crippen molar-refractivity contribution in [1.29, 1.82) is 0 Å². The maximum absolute atomic E-state index is 5.41. The van der Waals surface area contributed by atoms with Gasteiger partial charge in [0.05, 0.1) is 12.8 Å². The molecule has 2 heterocycles. The van der Waals surface area contributed by atoms with Gasteiger partial charge in [-0.3, -0.25) is 9.88 Å². The summed E-state index contributed by atoms with van der Waals surface area (Å²) in [6, 6.07) is 12.7. The minimum atomic E-state index is 0.792. The minimum Gasteiger partial charge on any atom is -0.468 e. The lowest BCUT2D eigenvalue weighted by molar-refractivity contribution is 0.287. The van der Waals surface area contributed by atoms with Crippen LogP contribution in [-0.4, -0.2) is 16.9 Å². The van der Waals surface area contributed by atoms with E-state index < -0.39 is 0 Å². The number of aromatic nitrogens is 1. The van der Waals surface area contributed by atoms with E-state index in [1.54, 1.807) is 6.26 Å². The predicted molar refractivity (Wildman–Crippen MR) is 93.0 cm³/mol. The van der Waals surface area contributed by atoms with Crippen molar-refractivity contribution in [3.8, 4) is 11.1 Å². The fourth-order valence-corrected chi connectivity index (χ4v) is 2.80. The van der Waals surface area contributed by atoms with E-state index in [4.69, 9.17) is 4.42 Å². The maximum Gasteiger partial charge on any atom is 0.117 e. The van der Waals surface area contributed by atoms with Crippen LogP contribution in [0.1, 0.15) is 22.5 Å². The van der Waals surface area contributed by atoms with E-state index >= 15 is 0 Å². The molecule has 0 saturated heterocycles. The van der Waals surface area contributed by atoms with Gasteiger partial charge in [-0.05, 0) is 55.8 Å². The summed E-state index contributed by atoms with van der Waals surface area (Å²) in [5, 5.41) is 0. The molecule has 0 saturated carbocycles. The Morgan fingerprint density at radius 3 is 2.70 bits per heavy atom. The molecule has 0 radical (unpaired) electrons. The maximum atomic E-state index is 5.41. The Kier molecular flexibility index (Phi) is 4.58. The summed E-state index contributed by atoms with van der Waals surface area (Å²) in [6.07, 6.45) is 5.59. The molecule has 3 aromatic rings. The Hall–Kier alpha value is -2.39. The molecule has 0 aliphatic rings. The van der Waals surface area contributed by atoms with Gasteiger partial charge in [-0.15, -0.1) is 0 Å². The highest BCUT2D eigenvalue weighted by Gasteiger charge is 2.07. The summed E-state index contributed by atoms with van der Waals surface area (Å²) in [4.78, 5) is 6.66. The molecule has 1 aromatic carbocycles. The number of furan rings is 1. The topological polar surface area (TPSA) is 29.3 Å². The van der Waals surface area contributed by atoms with E-state index in [1.807, 2.05) is 24.5 Å². The second kappa shape index (κ2) is 6.80. The average Bonchev–Trinajstić information content (AvgIpc) is 3.02. The number of pyridine rings is 1. The van der Waals surface area contributed by atoms with Crippen molar-refractivity contribution in [3.05, 3.63) is 77.5 Å². The van der Waals surface area contributed by atoms with E-state index in [0.29, 0.717) is 0 Å². The molecule has 0 amide bonds. The molecule has 0 N–H and O–H groups in total. The van der Waals surface area contributed by atoms with Gasteiger partial charge in [0.25, 0.3) is 0 Å². The zero-order valence-electron chi connectivity index (χ0n) is 13.9. The number of hydrogen-bond donors (Lipinski definition) is 0. The van der Waals surface area contributed by atoms with Crippen molar-refractivity contribution in [2.45, 2.75) is 26.9 Å². The van der Waals surface area contributed by atoms with Crippen molar-refractivity contribution < 1.29 is 4.42 Å². The lowest BCUT2D eigenvalue weighted by atomic mass is 9.99. The van der Waals surface area contributed by atoms with Crippen molar-refractivity contribution in [3.63, 3.8) is 0 Å². The first-order valence-corrected chi connectivity index (χ1v) is 7.84. The van der Waals surface area contributed by atoms with Crippen LogP contribution >= 0.6 is 0 Å². The number of nitrogens with zero attached hydrogens (tertiary/aromatic N) is 2. The Labute approximate surface area is 137 Å². The molecule has 0 spiro atoms. The first-order chi connectivity index (χ1) is 11.1. The van der Waals surface area contributed by atoms with Gasteiger partial charge in [-0.25, -0.2) is 0 Å². The standard InChI is InChI=1S/C20H22N2O/c1-15-6-7-16(2)20(9-15)18-10-17(11-21-12-18)13-22(3)14-19-5-4-8-23-19/h4-12H,13-14H2,1-3H3. The molecule has 0 atom stereocenters. The zero-order chi connectivity index (χ0) is 16.2. The third-order valence-electron chi connectivity index (χ3n) is 3.96. The summed E-state index contributed by atoms with van der Waals surface area (Å²) in [5.74, 6) is 0.978. The van der Waals surface area contributed by atoms with E-state index in [0.717, 1.165) is 18.8 Å². The van der Waals surface area contributed by atoms with Crippen LogP contribution in [0.15, 0.2) is 59.5 Å². The number of hydrogen-bond acceptors (Lipinski definition) is 3. The van der Waals surface area contributed by atoms with E-state index in [1.165, 1.54) is 27.8 Å². The van der Waals surface area contributed by atoms with Crippen LogP contribution in [0.4, 0.5) is 0 Å². The van der Waals surface area contributed by atoms with Crippen LogP contribution in [0.25, 0.3) is 11.1 Å². The van der Waals surface area contributed by atoms with Crippen LogP contribution in [0.5, 0.6) is 0 Å². The molecule has 0 unspecified atom stereocenters. The first-order valence-electron chi connectivity index (χ1n) is 7.84. The molecular formula is C20H22N2O. The van der Waals surface area contributed by atoms with Gasteiger partial charge in [0.15, 0.2) is 0 Å². The third kappa shape index (κ3) is 3.88. The Morgan fingerprint density at radius 1 is 1.04 bits per heavy atom. The minimum absolute atomic E-state index is 0.792. The highest BCUT2D eigenvalue weighted by atomic mass is 16.3. The van der Waals surface area contributed by atoms with Gasteiger partial charge in [0, 0.05) is 24.5 Å². The second-order valence-corrected chi connectivity index (χ2v) is 6.15. The molecule has 3 nitrogen and oxygen atoms in total. The van der Waals surface area contributed by atoms with E-state index in [-0.39, 0.29) is 0 Å². The van der Waals surface area contributed by atoms with Crippen LogP contribution in [0, 0.1) is 13.8 Å². The SMILES string of the molecule is Cc1ccc(C)c(-c2cncc(CN(C)Cc3ccco3)c2)c1. The summed E-state index contributed by atoms with van der Waals surface area (Å²) in [6.45, 7) is 5.90. The van der Waals surface area contributed by atoms with Gasteiger partial charge >= 0.3 is 0 Å². The lowest BCUT2D eigenvalue weighted by Gasteiger charge is -2.16. The van der Waals surface area contributed by atoms with Gasteiger partial charge in [-0.2, -0.15) is 0 Å². The normalized spacial score (nSPS) is 11.1. The highest BCUT2D eigenvalue weighted by Crippen LogP contribution is 2.25. The Balaban J connectivity index is 1.78. The molecule has 0 fully saturated rings. The summed E-state index contributed by atoms with van der Waals surface area (Å²) >= 11 is 0. The second-order valence-electron chi connectivity index (χ2n) is 6.15. The molecule has 3 heteroatoms. The number of benzene rings is 1. The molecule has 3 rings (SSSR count). The smallest absolute Gasteiger partial charge is 0.117 e. The summed E-state index contributed by atoms with van der Waals surface area (Å²) < 4.78 is 5.41. The highest BCUT2D eigenvalue weighted by molar-refractivity contribution is 5.67. The van der Waals surface area contributed by atoms with Crippen LogP contribution < -0.4 is 0 Å². The fraction of sp³-hybridized carbons (Fsp3) is 0.250. The average molecular weight is 306 g/mol. The van der Waals surface area contributed by atoms with Crippen molar-refractivity contribution in [2.24, 2.45) is 0 Å². The summed E-state index contributed by atoms with van der Waals surface area (Å²) in [5.41, 5.74) is 6.19. The van der Waals surface area contributed by atoms with Crippen LogP contribution in [0.2, 0.25) is 0 Å². The zero-order valence-corrected chi connectivity index (χ0v) is 13.9. The van der Waals surface area contributed by atoms with Gasteiger partial charge < -0.3 is 4.42 Å². The third-order valence-corrected chi connectivity index (χ3v) is 3.96. The Bertz CT molecular complexity index is 778. The van der Waals surface area contributed by atoms with Crippen LogP contribution in [-0.2, 0) is 13.1 Å². The summed E-state index contributed by atoms with van der Waals surface area (Å²) in [7, 11) is 2.09. The van der Waals surface area contributed by atoms with Crippen LogP contribution in [0.3, 0.4) is 0 Å². The molecule has 0 bridgehead atoms.